The summed E-state index contributed by atoms with van der Waals surface area (Å²) in [5.41, 5.74) is 2.39. The number of likely N-dealkylation sites (N-methyl/N-ethyl adjacent to an activating group) is 1. The average molecular weight is 376 g/mol. The van der Waals surface area contributed by atoms with E-state index < -0.39 is 6.04 Å². The first kappa shape index (κ1) is 19.4. The van der Waals surface area contributed by atoms with Crippen LogP contribution in [0.4, 0.5) is 5.69 Å². The van der Waals surface area contributed by atoms with Crippen molar-refractivity contribution in [2.24, 2.45) is 0 Å². The molecule has 2 aromatic rings. The van der Waals surface area contributed by atoms with Gasteiger partial charge in [0.25, 0.3) is 0 Å². The van der Waals surface area contributed by atoms with Gasteiger partial charge in [-0.25, -0.2) is 0 Å². The summed E-state index contributed by atoms with van der Waals surface area (Å²) < 4.78 is 5.17. The molecule has 0 radical (unpaired) electrons. The van der Waals surface area contributed by atoms with E-state index in [0.717, 1.165) is 17.0 Å². The Morgan fingerprint density at radius 3 is 2.43 bits per heavy atom. The molecule has 1 aliphatic rings. The number of anilines is 1. The van der Waals surface area contributed by atoms with E-state index in [2.05, 4.69) is 5.32 Å². The molecule has 5 nitrogen and oxygen atoms in total. The van der Waals surface area contributed by atoms with Gasteiger partial charge in [-0.1, -0.05) is 48.6 Å². The summed E-state index contributed by atoms with van der Waals surface area (Å²) in [5.74, 6) is 0.343. The summed E-state index contributed by atoms with van der Waals surface area (Å²) in [7, 11) is 3.31. The van der Waals surface area contributed by atoms with Crippen molar-refractivity contribution in [3.05, 3.63) is 84.0 Å². The molecule has 0 spiro atoms. The molecule has 0 saturated carbocycles. The van der Waals surface area contributed by atoms with E-state index in [1.165, 1.54) is 0 Å². The molecule has 0 saturated heterocycles. The van der Waals surface area contributed by atoms with Crippen LogP contribution in [0.1, 0.15) is 12.0 Å². The first-order valence-electron chi connectivity index (χ1n) is 9.20. The summed E-state index contributed by atoms with van der Waals surface area (Å²) in [4.78, 5) is 27.3. The molecule has 5 heteroatoms. The van der Waals surface area contributed by atoms with E-state index in [1.807, 2.05) is 54.6 Å². The summed E-state index contributed by atoms with van der Waals surface area (Å²) in [5, 5.41) is 2.92. The lowest BCUT2D eigenvalue weighted by molar-refractivity contribution is -0.125. The number of amides is 2. The third-order valence-corrected chi connectivity index (χ3v) is 4.74. The van der Waals surface area contributed by atoms with Crippen molar-refractivity contribution in [3.8, 4) is 5.75 Å². The smallest absolute Gasteiger partial charge is 0.249 e. The molecule has 1 unspecified atom stereocenters. The lowest BCUT2D eigenvalue weighted by atomic mass is 10.0. The van der Waals surface area contributed by atoms with Crippen LogP contribution in [0, 0.1) is 0 Å². The van der Waals surface area contributed by atoms with E-state index in [9.17, 15) is 9.59 Å². The molecule has 1 atom stereocenters. The van der Waals surface area contributed by atoms with Gasteiger partial charge in [0, 0.05) is 24.7 Å². The minimum atomic E-state index is -0.663. The van der Waals surface area contributed by atoms with Crippen LogP contribution in [0.15, 0.2) is 78.4 Å². The molecule has 0 aliphatic heterocycles. The number of rotatable bonds is 7. The van der Waals surface area contributed by atoms with Crippen molar-refractivity contribution in [1.82, 2.24) is 5.32 Å². The normalized spacial score (nSPS) is 13.6. The van der Waals surface area contributed by atoms with Crippen molar-refractivity contribution in [3.63, 3.8) is 0 Å². The quantitative estimate of drug-likeness (QED) is 0.807. The van der Waals surface area contributed by atoms with Crippen molar-refractivity contribution in [2.75, 3.05) is 19.1 Å². The van der Waals surface area contributed by atoms with Gasteiger partial charge in [-0.15, -0.1) is 0 Å². The Hall–Kier alpha value is -3.34. The molecule has 0 fully saturated rings. The van der Waals surface area contributed by atoms with Crippen molar-refractivity contribution < 1.29 is 14.3 Å². The average Bonchev–Trinajstić information content (AvgIpc) is 3.28. The van der Waals surface area contributed by atoms with Crippen LogP contribution in [-0.4, -0.2) is 32.0 Å². The van der Waals surface area contributed by atoms with Gasteiger partial charge in [-0.3, -0.25) is 9.59 Å². The largest absolute Gasteiger partial charge is 0.497 e. The summed E-state index contributed by atoms with van der Waals surface area (Å²) in [6, 6.07) is 16.3. The monoisotopic (exact) mass is 376 g/mol. The number of methoxy groups -OCH3 is 1. The van der Waals surface area contributed by atoms with Gasteiger partial charge in [-0.05, 0) is 36.2 Å². The van der Waals surface area contributed by atoms with Gasteiger partial charge in [0.2, 0.25) is 11.8 Å². The molecule has 3 rings (SSSR count). The summed E-state index contributed by atoms with van der Waals surface area (Å²) in [6.45, 7) is 0. The number of benzene rings is 2. The second kappa shape index (κ2) is 9.04. The van der Waals surface area contributed by atoms with Gasteiger partial charge in [-0.2, -0.15) is 0 Å². The Bertz CT molecular complexity index is 886. The molecule has 1 N–H and O–H groups in total. The number of nitrogens with zero attached hydrogens (tertiary/aromatic N) is 1. The Morgan fingerprint density at radius 1 is 1.11 bits per heavy atom. The van der Waals surface area contributed by atoms with Gasteiger partial charge in [0.15, 0.2) is 0 Å². The third-order valence-electron chi connectivity index (χ3n) is 4.74. The fourth-order valence-electron chi connectivity index (χ4n) is 3.08. The van der Waals surface area contributed by atoms with Crippen LogP contribution < -0.4 is 15.0 Å². The van der Waals surface area contributed by atoms with Crippen LogP contribution in [0.25, 0.3) is 0 Å². The molecule has 0 aromatic heterocycles. The molecule has 1 aliphatic carbocycles. The highest BCUT2D eigenvalue weighted by Gasteiger charge is 2.26. The van der Waals surface area contributed by atoms with Crippen molar-refractivity contribution in [1.29, 1.82) is 0 Å². The van der Waals surface area contributed by atoms with E-state index in [-0.39, 0.29) is 11.8 Å². The van der Waals surface area contributed by atoms with Crippen LogP contribution >= 0.6 is 0 Å². The molecule has 0 bridgehead atoms. The number of nitrogens with one attached hydrogen (secondary N) is 1. The standard InChI is InChI=1S/C23H24N2O3/c1-25(19-12-14-20(28-2)15-13-19)23(27)21(16-17-8-4-3-5-9-17)24-22(26)18-10-6-7-11-18/h3-10,12-15,21H,11,16H2,1-2H3,(H,24,26). The maximum Gasteiger partial charge on any atom is 0.249 e. The van der Waals surface area contributed by atoms with E-state index >= 15 is 0 Å². The first-order chi connectivity index (χ1) is 13.6. The molecular formula is C23H24N2O3. The highest BCUT2D eigenvalue weighted by atomic mass is 16.5. The number of allylic oxidation sites excluding steroid dienone is 3. The Kier molecular flexibility index (Phi) is 6.27. The van der Waals surface area contributed by atoms with Crippen molar-refractivity contribution in [2.45, 2.75) is 18.9 Å². The molecule has 28 heavy (non-hydrogen) atoms. The minimum Gasteiger partial charge on any atom is -0.497 e. The highest BCUT2D eigenvalue weighted by molar-refractivity contribution is 6.02. The number of hydrogen-bond donors (Lipinski definition) is 1. The van der Waals surface area contributed by atoms with E-state index in [1.54, 1.807) is 37.3 Å². The Morgan fingerprint density at radius 2 is 1.82 bits per heavy atom. The van der Waals surface area contributed by atoms with Crippen molar-refractivity contribution >= 4 is 17.5 Å². The fraction of sp³-hybridized carbons (Fsp3) is 0.217. The zero-order chi connectivity index (χ0) is 19.9. The second-order valence-corrected chi connectivity index (χ2v) is 6.64. The fourth-order valence-corrected chi connectivity index (χ4v) is 3.08. The molecule has 2 aromatic carbocycles. The number of hydrogen-bond acceptors (Lipinski definition) is 3. The third kappa shape index (κ3) is 4.68. The van der Waals surface area contributed by atoms with E-state index in [0.29, 0.717) is 18.4 Å². The number of carbonyl (C=O) groups is 2. The summed E-state index contributed by atoms with van der Waals surface area (Å²) >= 11 is 0. The van der Waals surface area contributed by atoms with Crippen LogP contribution in [-0.2, 0) is 16.0 Å². The van der Waals surface area contributed by atoms with E-state index in [4.69, 9.17) is 4.74 Å². The Labute approximate surface area is 165 Å². The molecule has 2 amide bonds. The predicted molar refractivity (Wildman–Crippen MR) is 110 cm³/mol. The SMILES string of the molecule is COc1ccc(N(C)C(=O)C(Cc2ccccc2)NC(=O)C2=CC=CC2)cc1. The van der Waals surface area contributed by atoms with Crippen LogP contribution in [0.3, 0.4) is 0 Å². The second-order valence-electron chi connectivity index (χ2n) is 6.64. The summed E-state index contributed by atoms with van der Waals surface area (Å²) in [6.07, 6.45) is 6.57. The van der Waals surface area contributed by atoms with Gasteiger partial charge >= 0.3 is 0 Å². The lowest BCUT2D eigenvalue weighted by Gasteiger charge is -2.25. The maximum absolute atomic E-state index is 13.2. The highest BCUT2D eigenvalue weighted by Crippen LogP contribution is 2.20. The van der Waals surface area contributed by atoms with Gasteiger partial charge < -0.3 is 15.0 Å². The number of ether oxygens (including phenoxy) is 1. The maximum atomic E-state index is 13.2. The topological polar surface area (TPSA) is 58.6 Å². The zero-order valence-corrected chi connectivity index (χ0v) is 16.1. The zero-order valence-electron chi connectivity index (χ0n) is 16.1. The molecule has 144 valence electrons. The molecular weight excluding hydrogens is 352 g/mol. The Balaban J connectivity index is 1.79. The minimum absolute atomic E-state index is 0.172. The predicted octanol–water partition coefficient (Wildman–Crippen LogP) is 3.27. The number of carbonyl (C=O) groups excluding carboxylic acids is 2. The van der Waals surface area contributed by atoms with Crippen LogP contribution in [0.5, 0.6) is 5.75 Å². The van der Waals surface area contributed by atoms with Gasteiger partial charge in [0.1, 0.15) is 11.8 Å². The first-order valence-corrected chi connectivity index (χ1v) is 9.20. The lowest BCUT2D eigenvalue weighted by Crippen LogP contribution is -2.49. The van der Waals surface area contributed by atoms with Crippen LogP contribution in [0.2, 0.25) is 0 Å². The molecule has 0 heterocycles. The van der Waals surface area contributed by atoms with Gasteiger partial charge in [0.05, 0.1) is 7.11 Å².